The summed E-state index contributed by atoms with van der Waals surface area (Å²) in [5.74, 6) is -2.45. The van der Waals surface area contributed by atoms with Crippen molar-refractivity contribution in [1.29, 1.82) is 0 Å². The first kappa shape index (κ1) is 13.6. The van der Waals surface area contributed by atoms with Gasteiger partial charge in [-0.3, -0.25) is 0 Å². The summed E-state index contributed by atoms with van der Waals surface area (Å²) in [5, 5.41) is 0. The summed E-state index contributed by atoms with van der Waals surface area (Å²) < 4.78 is 15.0. The van der Waals surface area contributed by atoms with E-state index in [-0.39, 0.29) is 11.3 Å². The Labute approximate surface area is 113 Å². The lowest BCUT2D eigenvalue weighted by molar-refractivity contribution is -0.137. The average Bonchev–Trinajstić information content (AvgIpc) is 2.79. The van der Waals surface area contributed by atoms with Gasteiger partial charge in [0.25, 0.3) is 0 Å². The van der Waals surface area contributed by atoms with Crippen LogP contribution in [0.2, 0.25) is 0 Å². The van der Waals surface area contributed by atoms with Crippen molar-refractivity contribution in [1.82, 2.24) is 4.57 Å². The molecule has 0 saturated carbocycles. The molecule has 0 atom stereocenters. The highest BCUT2D eigenvalue weighted by molar-refractivity contribution is 6.15. The second kappa shape index (κ2) is 5.43. The minimum atomic E-state index is -0.857. The molecule has 1 aromatic carbocycles. The zero-order valence-electron chi connectivity index (χ0n) is 10.8. The number of benzene rings is 1. The van der Waals surface area contributed by atoms with Gasteiger partial charge < -0.3 is 13.9 Å². The van der Waals surface area contributed by atoms with Gasteiger partial charge in [-0.2, -0.15) is 0 Å². The summed E-state index contributed by atoms with van der Waals surface area (Å²) in [6, 6.07) is 6.49. The van der Waals surface area contributed by atoms with E-state index >= 15 is 0 Å². The smallest absolute Gasteiger partial charge is 0.424 e. The van der Waals surface area contributed by atoms with Gasteiger partial charge in [0.15, 0.2) is 5.58 Å². The molecule has 0 fully saturated rings. The van der Waals surface area contributed by atoms with E-state index in [1.54, 1.807) is 24.3 Å². The van der Waals surface area contributed by atoms with Crippen LogP contribution in [-0.4, -0.2) is 30.7 Å². The Morgan fingerprint density at radius 2 is 1.90 bits per heavy atom. The number of carbonyl (C=O) groups excluding carboxylic acids is 2. The Kier molecular flexibility index (Phi) is 3.69. The van der Waals surface area contributed by atoms with Gasteiger partial charge in [-0.05, 0) is 12.1 Å². The molecule has 1 aromatic heterocycles. The summed E-state index contributed by atoms with van der Waals surface area (Å²) in [6.45, 7) is 0. The van der Waals surface area contributed by atoms with Crippen molar-refractivity contribution in [2.75, 3.05) is 14.2 Å². The van der Waals surface area contributed by atoms with Crippen LogP contribution in [0, 0.1) is 0 Å². The maximum atomic E-state index is 11.9. The van der Waals surface area contributed by atoms with E-state index in [1.165, 1.54) is 0 Å². The Morgan fingerprint density at radius 3 is 2.55 bits per heavy atom. The minimum absolute atomic E-state index is 0.283. The van der Waals surface area contributed by atoms with Crippen LogP contribution in [0.15, 0.2) is 39.6 Å². The number of hydrogen-bond acceptors (Lipinski definition) is 6. The maximum absolute atomic E-state index is 11.9. The summed E-state index contributed by atoms with van der Waals surface area (Å²) in [4.78, 5) is 35.0. The average molecular weight is 277 g/mol. The van der Waals surface area contributed by atoms with Crippen LogP contribution < -0.4 is 5.76 Å². The molecule has 0 aliphatic heterocycles. The number of para-hydroxylation sites is 2. The van der Waals surface area contributed by atoms with Gasteiger partial charge in [-0.25, -0.2) is 19.0 Å². The summed E-state index contributed by atoms with van der Waals surface area (Å²) in [5.41, 5.74) is 0.351. The van der Waals surface area contributed by atoms with E-state index < -0.39 is 17.7 Å². The second-order valence-electron chi connectivity index (χ2n) is 3.72. The molecule has 1 heterocycles. The summed E-state index contributed by atoms with van der Waals surface area (Å²) >= 11 is 0. The van der Waals surface area contributed by atoms with Crippen molar-refractivity contribution in [3.8, 4) is 0 Å². The lowest BCUT2D eigenvalue weighted by Crippen LogP contribution is -2.21. The van der Waals surface area contributed by atoms with Crippen LogP contribution >= 0.6 is 0 Å². The molecule has 20 heavy (non-hydrogen) atoms. The Hall–Kier alpha value is -2.83. The first-order valence-corrected chi connectivity index (χ1v) is 5.57. The number of fused-ring (bicyclic) bond motifs is 1. The van der Waals surface area contributed by atoms with Crippen molar-refractivity contribution >= 4 is 28.7 Å². The number of rotatable bonds is 3. The van der Waals surface area contributed by atoms with Gasteiger partial charge in [0.05, 0.1) is 25.8 Å². The number of aromatic nitrogens is 1. The fourth-order valence-corrected chi connectivity index (χ4v) is 1.68. The van der Waals surface area contributed by atoms with Crippen LogP contribution in [-0.2, 0) is 19.1 Å². The fourth-order valence-electron chi connectivity index (χ4n) is 1.68. The highest BCUT2D eigenvalue weighted by Crippen LogP contribution is 2.17. The maximum Gasteiger partial charge on any atom is 0.424 e. The molecule has 0 bridgehead atoms. The molecule has 0 unspecified atom stereocenters. The molecule has 0 radical (unpaired) electrons. The first-order chi connectivity index (χ1) is 9.58. The Morgan fingerprint density at radius 1 is 1.20 bits per heavy atom. The summed E-state index contributed by atoms with van der Waals surface area (Å²) in [6.07, 6.45) is 0.870. The van der Waals surface area contributed by atoms with Crippen LogP contribution in [0.4, 0.5) is 0 Å². The lowest BCUT2D eigenvalue weighted by Gasteiger charge is -2.05. The van der Waals surface area contributed by atoms with Gasteiger partial charge in [-0.1, -0.05) is 12.1 Å². The monoisotopic (exact) mass is 277 g/mol. The third-order valence-corrected chi connectivity index (χ3v) is 2.58. The van der Waals surface area contributed by atoms with E-state index in [1.807, 2.05) is 0 Å². The van der Waals surface area contributed by atoms with Crippen molar-refractivity contribution in [3.05, 3.63) is 40.9 Å². The SMILES string of the molecule is COC(=O)/C=C(/C(=O)OC)n1c(=O)oc2ccccc21. The number of esters is 2. The van der Waals surface area contributed by atoms with Crippen LogP contribution in [0.25, 0.3) is 16.8 Å². The predicted molar refractivity (Wildman–Crippen MR) is 68.8 cm³/mol. The van der Waals surface area contributed by atoms with Gasteiger partial charge >= 0.3 is 17.7 Å². The highest BCUT2D eigenvalue weighted by Gasteiger charge is 2.21. The van der Waals surface area contributed by atoms with Crippen LogP contribution in [0.5, 0.6) is 0 Å². The van der Waals surface area contributed by atoms with E-state index in [9.17, 15) is 14.4 Å². The molecular formula is C13H11NO6. The van der Waals surface area contributed by atoms with Crippen molar-refractivity contribution < 1.29 is 23.5 Å². The van der Waals surface area contributed by atoms with E-state index in [0.29, 0.717) is 5.52 Å². The lowest BCUT2D eigenvalue weighted by atomic mass is 10.3. The van der Waals surface area contributed by atoms with Gasteiger partial charge in [0.1, 0.15) is 5.70 Å². The van der Waals surface area contributed by atoms with E-state index in [4.69, 9.17) is 4.42 Å². The van der Waals surface area contributed by atoms with Crippen molar-refractivity contribution in [2.45, 2.75) is 0 Å². The number of methoxy groups -OCH3 is 2. The standard InChI is InChI=1S/C13H11NO6/c1-18-11(15)7-9(12(16)19-2)14-8-5-3-4-6-10(8)20-13(14)17/h3-7H,1-2H3/b9-7-. The first-order valence-electron chi connectivity index (χ1n) is 5.57. The fraction of sp³-hybridized carbons (Fsp3) is 0.154. The third-order valence-electron chi connectivity index (χ3n) is 2.58. The number of ether oxygens (including phenoxy) is 2. The Bertz CT molecular complexity index is 752. The van der Waals surface area contributed by atoms with Crippen molar-refractivity contribution in [2.24, 2.45) is 0 Å². The molecule has 0 amide bonds. The van der Waals surface area contributed by atoms with Gasteiger partial charge in [0.2, 0.25) is 0 Å². The molecule has 7 heteroatoms. The summed E-state index contributed by atoms with van der Waals surface area (Å²) in [7, 11) is 2.30. The van der Waals surface area contributed by atoms with E-state index in [0.717, 1.165) is 24.9 Å². The molecule has 0 saturated heterocycles. The highest BCUT2D eigenvalue weighted by atomic mass is 16.5. The quantitative estimate of drug-likeness (QED) is 0.608. The number of carbonyl (C=O) groups is 2. The topological polar surface area (TPSA) is 87.7 Å². The molecule has 104 valence electrons. The van der Waals surface area contributed by atoms with Crippen molar-refractivity contribution in [3.63, 3.8) is 0 Å². The molecule has 0 aliphatic rings. The molecular weight excluding hydrogens is 266 g/mol. The molecule has 2 aromatic rings. The van der Waals surface area contributed by atoms with Crippen LogP contribution in [0.1, 0.15) is 0 Å². The van der Waals surface area contributed by atoms with Gasteiger partial charge in [-0.15, -0.1) is 0 Å². The van der Waals surface area contributed by atoms with Crippen LogP contribution in [0.3, 0.4) is 0 Å². The minimum Gasteiger partial charge on any atom is -0.466 e. The predicted octanol–water partition coefficient (Wildman–Crippen LogP) is 0.781. The number of hydrogen-bond donors (Lipinski definition) is 0. The second-order valence-corrected chi connectivity index (χ2v) is 3.72. The molecule has 0 N–H and O–H groups in total. The number of nitrogens with zero attached hydrogens (tertiary/aromatic N) is 1. The molecule has 0 spiro atoms. The van der Waals surface area contributed by atoms with Gasteiger partial charge in [0, 0.05) is 0 Å². The zero-order chi connectivity index (χ0) is 14.7. The number of oxazole rings is 1. The third kappa shape index (κ3) is 2.33. The largest absolute Gasteiger partial charge is 0.466 e. The molecule has 0 aliphatic carbocycles. The molecule has 2 rings (SSSR count). The zero-order valence-corrected chi connectivity index (χ0v) is 10.8. The Balaban J connectivity index is 2.72. The van der Waals surface area contributed by atoms with E-state index in [2.05, 4.69) is 9.47 Å². The normalized spacial score (nSPS) is 11.4. The molecule has 7 nitrogen and oxygen atoms in total.